The first-order valence-electron chi connectivity index (χ1n) is 9.01. The molecule has 0 unspecified atom stereocenters. The smallest absolute Gasteiger partial charge is 0.224 e. The molecule has 2 N–H and O–H groups in total. The Bertz CT molecular complexity index is 801. The van der Waals surface area contributed by atoms with Gasteiger partial charge in [-0.05, 0) is 48.9 Å². The highest BCUT2D eigenvalue weighted by molar-refractivity contribution is 5.77. The number of amides is 1. The third kappa shape index (κ3) is 4.86. The van der Waals surface area contributed by atoms with Gasteiger partial charge in [0, 0.05) is 43.5 Å². The van der Waals surface area contributed by atoms with Crippen molar-refractivity contribution in [2.45, 2.75) is 44.2 Å². The van der Waals surface area contributed by atoms with Gasteiger partial charge in [-0.25, -0.2) is 13.2 Å². The molecule has 1 saturated heterocycles. The van der Waals surface area contributed by atoms with Gasteiger partial charge in [-0.3, -0.25) is 9.78 Å². The quantitative estimate of drug-likeness (QED) is 0.788. The molecule has 0 aliphatic carbocycles. The molecule has 1 amide bonds. The van der Waals surface area contributed by atoms with Gasteiger partial charge in [0.2, 0.25) is 5.91 Å². The summed E-state index contributed by atoms with van der Waals surface area (Å²) in [4.78, 5) is 18.6. The molecule has 0 saturated carbocycles. The first kappa shape index (κ1) is 19.4. The van der Waals surface area contributed by atoms with Crippen LogP contribution in [0.25, 0.3) is 0 Å². The highest BCUT2D eigenvalue weighted by Gasteiger charge is 2.29. The molecule has 4 nitrogen and oxygen atoms in total. The normalized spacial score (nSPS) is 17.9. The topological polar surface area (TPSA) is 59.2 Å². The summed E-state index contributed by atoms with van der Waals surface area (Å²) in [7, 11) is 0. The molecule has 144 valence electrons. The molecule has 1 aliphatic rings. The van der Waals surface area contributed by atoms with Crippen LogP contribution in [0.5, 0.6) is 0 Å². The summed E-state index contributed by atoms with van der Waals surface area (Å²) in [6.45, 7) is 0.663. The number of carbonyl (C=O) groups is 1. The Morgan fingerprint density at radius 3 is 2.78 bits per heavy atom. The Hall–Kier alpha value is -2.41. The molecular weight excluding hydrogens is 355 g/mol. The summed E-state index contributed by atoms with van der Waals surface area (Å²) in [6.07, 6.45) is 6.05. The molecule has 1 aliphatic heterocycles. The second-order valence-electron chi connectivity index (χ2n) is 6.97. The predicted octanol–water partition coefficient (Wildman–Crippen LogP) is 2.99. The van der Waals surface area contributed by atoms with Crippen molar-refractivity contribution >= 4 is 5.91 Å². The van der Waals surface area contributed by atoms with E-state index in [2.05, 4.69) is 4.98 Å². The lowest BCUT2D eigenvalue weighted by molar-refractivity contribution is -0.132. The number of rotatable bonds is 6. The average molecular weight is 377 g/mol. The minimum Gasteiger partial charge on any atom is -0.339 e. The molecule has 1 fully saturated rings. The summed E-state index contributed by atoms with van der Waals surface area (Å²) in [5, 5.41) is 0. The summed E-state index contributed by atoms with van der Waals surface area (Å²) in [5.41, 5.74) is 7.03. The standard InChI is InChI=1S/C20H22F3N3O/c21-17-11-19(23)18(22)9-14(17)8-15(24)10-20(27)26-6-2-4-16(26)7-13-3-1-5-25-12-13/h1,3,5,9,11-12,15-16H,2,4,6-8,10,24H2/t15-,16+/m1/s1. The first-order chi connectivity index (χ1) is 12.9. The number of pyridine rings is 1. The summed E-state index contributed by atoms with van der Waals surface area (Å²) in [5.74, 6) is -3.32. The van der Waals surface area contributed by atoms with Crippen LogP contribution in [-0.2, 0) is 17.6 Å². The van der Waals surface area contributed by atoms with Crippen molar-refractivity contribution in [2.24, 2.45) is 5.73 Å². The number of hydrogen-bond donors (Lipinski definition) is 1. The molecule has 0 bridgehead atoms. The van der Waals surface area contributed by atoms with Crippen LogP contribution in [0.15, 0.2) is 36.7 Å². The van der Waals surface area contributed by atoms with E-state index in [1.807, 2.05) is 17.0 Å². The van der Waals surface area contributed by atoms with Gasteiger partial charge in [-0.2, -0.15) is 0 Å². The van der Waals surface area contributed by atoms with Crippen molar-refractivity contribution in [3.8, 4) is 0 Å². The zero-order chi connectivity index (χ0) is 19.4. The van der Waals surface area contributed by atoms with Crippen LogP contribution in [0.3, 0.4) is 0 Å². The van der Waals surface area contributed by atoms with Crippen LogP contribution in [0.4, 0.5) is 13.2 Å². The van der Waals surface area contributed by atoms with Gasteiger partial charge in [0.15, 0.2) is 11.6 Å². The SMILES string of the molecule is N[C@@H](CC(=O)N1CCC[C@H]1Cc1cccnc1)Cc1cc(F)c(F)cc1F. The molecule has 0 spiro atoms. The van der Waals surface area contributed by atoms with Crippen molar-refractivity contribution in [3.05, 3.63) is 65.2 Å². The Labute approximate surface area is 156 Å². The van der Waals surface area contributed by atoms with Gasteiger partial charge in [-0.15, -0.1) is 0 Å². The maximum Gasteiger partial charge on any atom is 0.224 e. The van der Waals surface area contributed by atoms with Crippen LogP contribution in [0.2, 0.25) is 0 Å². The number of halogens is 3. The van der Waals surface area contributed by atoms with Crippen molar-refractivity contribution in [1.82, 2.24) is 9.88 Å². The Morgan fingerprint density at radius 1 is 1.26 bits per heavy atom. The van der Waals surface area contributed by atoms with Gasteiger partial charge in [0.1, 0.15) is 5.82 Å². The molecule has 1 aromatic heterocycles. The highest BCUT2D eigenvalue weighted by Crippen LogP contribution is 2.23. The van der Waals surface area contributed by atoms with Gasteiger partial charge < -0.3 is 10.6 Å². The lowest BCUT2D eigenvalue weighted by Crippen LogP contribution is -2.40. The fourth-order valence-corrected chi connectivity index (χ4v) is 3.58. The summed E-state index contributed by atoms with van der Waals surface area (Å²) < 4.78 is 40.1. The zero-order valence-electron chi connectivity index (χ0n) is 14.9. The van der Waals surface area contributed by atoms with Crippen molar-refractivity contribution in [2.75, 3.05) is 6.54 Å². The lowest BCUT2D eigenvalue weighted by atomic mass is 10.0. The molecular formula is C20H22F3N3O. The first-order valence-corrected chi connectivity index (χ1v) is 9.01. The maximum atomic E-state index is 13.8. The molecule has 2 heterocycles. The number of likely N-dealkylation sites (tertiary alicyclic amines) is 1. The molecule has 27 heavy (non-hydrogen) atoms. The third-order valence-corrected chi connectivity index (χ3v) is 4.90. The lowest BCUT2D eigenvalue weighted by Gasteiger charge is -2.26. The van der Waals surface area contributed by atoms with E-state index in [1.54, 1.807) is 12.4 Å². The molecule has 0 radical (unpaired) electrons. The van der Waals surface area contributed by atoms with Crippen molar-refractivity contribution in [1.29, 1.82) is 0 Å². The van der Waals surface area contributed by atoms with E-state index in [1.165, 1.54) is 0 Å². The average Bonchev–Trinajstić information content (AvgIpc) is 3.08. The number of nitrogens with two attached hydrogens (primary N) is 1. The fourth-order valence-electron chi connectivity index (χ4n) is 3.58. The van der Waals surface area contributed by atoms with E-state index in [0.29, 0.717) is 12.6 Å². The van der Waals surface area contributed by atoms with Crippen molar-refractivity contribution in [3.63, 3.8) is 0 Å². The van der Waals surface area contributed by atoms with E-state index >= 15 is 0 Å². The molecule has 3 rings (SSSR count). The van der Waals surface area contributed by atoms with Gasteiger partial charge in [-0.1, -0.05) is 6.07 Å². The monoisotopic (exact) mass is 377 g/mol. The van der Waals surface area contributed by atoms with Crippen LogP contribution in [-0.4, -0.2) is 34.4 Å². The number of carbonyl (C=O) groups excluding carboxylic acids is 1. The molecule has 2 aromatic rings. The highest BCUT2D eigenvalue weighted by atomic mass is 19.2. The van der Waals surface area contributed by atoms with Crippen LogP contribution in [0, 0.1) is 17.5 Å². The molecule has 2 atom stereocenters. The summed E-state index contributed by atoms with van der Waals surface area (Å²) >= 11 is 0. The fraction of sp³-hybridized carbons (Fsp3) is 0.400. The van der Waals surface area contributed by atoms with E-state index in [4.69, 9.17) is 5.73 Å². The third-order valence-electron chi connectivity index (χ3n) is 4.90. The minimum absolute atomic E-state index is 0.0254. The van der Waals surface area contributed by atoms with Crippen LogP contribution >= 0.6 is 0 Å². The van der Waals surface area contributed by atoms with E-state index < -0.39 is 23.5 Å². The predicted molar refractivity (Wildman–Crippen MR) is 95.3 cm³/mol. The zero-order valence-corrected chi connectivity index (χ0v) is 14.9. The largest absolute Gasteiger partial charge is 0.339 e. The van der Waals surface area contributed by atoms with Crippen LogP contribution < -0.4 is 5.73 Å². The van der Waals surface area contributed by atoms with Crippen LogP contribution in [0.1, 0.15) is 30.4 Å². The van der Waals surface area contributed by atoms with Crippen molar-refractivity contribution < 1.29 is 18.0 Å². The second kappa shape index (κ2) is 8.52. The van der Waals surface area contributed by atoms with E-state index in [-0.39, 0.29) is 30.4 Å². The maximum absolute atomic E-state index is 13.8. The Balaban J connectivity index is 1.59. The second-order valence-corrected chi connectivity index (χ2v) is 6.97. The Kier molecular flexibility index (Phi) is 6.11. The van der Waals surface area contributed by atoms with Gasteiger partial charge in [0.05, 0.1) is 0 Å². The van der Waals surface area contributed by atoms with E-state index in [9.17, 15) is 18.0 Å². The Morgan fingerprint density at radius 2 is 2.04 bits per heavy atom. The number of hydrogen-bond acceptors (Lipinski definition) is 3. The molecule has 7 heteroatoms. The number of benzene rings is 1. The minimum atomic E-state index is -1.24. The van der Waals surface area contributed by atoms with Gasteiger partial charge >= 0.3 is 0 Å². The summed E-state index contributed by atoms with van der Waals surface area (Å²) in [6, 6.07) is 4.57. The number of aromatic nitrogens is 1. The van der Waals surface area contributed by atoms with E-state index in [0.717, 1.165) is 30.9 Å². The molecule has 1 aromatic carbocycles. The van der Waals surface area contributed by atoms with Gasteiger partial charge in [0.25, 0.3) is 0 Å². The number of nitrogens with zero attached hydrogens (tertiary/aromatic N) is 2.